The molecule has 0 bridgehead atoms. The fraction of sp³-hybridized carbons (Fsp3) is 0.438. The van der Waals surface area contributed by atoms with E-state index in [4.69, 9.17) is 21.2 Å². The van der Waals surface area contributed by atoms with E-state index in [1.54, 1.807) is 32.9 Å². The highest BCUT2D eigenvalue weighted by Gasteiger charge is 2.26. The Morgan fingerprint density at radius 2 is 1.76 bits per heavy atom. The molecule has 0 aliphatic carbocycles. The highest BCUT2D eigenvalue weighted by atomic mass is 35.5. The van der Waals surface area contributed by atoms with Gasteiger partial charge < -0.3 is 14.8 Å². The van der Waals surface area contributed by atoms with E-state index in [0.29, 0.717) is 0 Å². The van der Waals surface area contributed by atoms with Crippen molar-refractivity contribution in [1.29, 1.82) is 0 Å². The maximum atomic E-state index is 11.8. The van der Waals surface area contributed by atoms with Crippen molar-refractivity contribution in [2.75, 3.05) is 5.88 Å². The number of hydrogen-bond acceptors (Lipinski definition) is 6. The van der Waals surface area contributed by atoms with E-state index in [-0.39, 0.29) is 12.5 Å². The first-order valence-corrected chi connectivity index (χ1v) is 7.97. The van der Waals surface area contributed by atoms with Gasteiger partial charge in [-0.2, -0.15) is 5.48 Å². The van der Waals surface area contributed by atoms with E-state index in [1.807, 2.05) is 23.7 Å². The third-order valence-electron chi connectivity index (χ3n) is 2.56. The van der Waals surface area contributed by atoms with Crippen LogP contribution < -0.4 is 10.8 Å². The zero-order chi connectivity index (χ0) is 18.9. The Labute approximate surface area is 150 Å². The van der Waals surface area contributed by atoms with Gasteiger partial charge in [0.05, 0.1) is 12.5 Å². The van der Waals surface area contributed by atoms with E-state index in [2.05, 4.69) is 10.1 Å². The van der Waals surface area contributed by atoms with Crippen LogP contribution in [0.1, 0.15) is 26.3 Å². The molecule has 0 spiro atoms. The van der Waals surface area contributed by atoms with Crippen LogP contribution in [0.4, 0.5) is 9.59 Å². The van der Waals surface area contributed by atoms with Gasteiger partial charge in [-0.1, -0.05) is 30.3 Å². The molecule has 1 rings (SSSR count). The topological polar surface area (TPSA) is 103 Å². The number of alkyl halides is 1. The number of hydroxylamine groups is 1. The number of rotatable bonds is 6. The zero-order valence-corrected chi connectivity index (χ0v) is 15.0. The Kier molecular flexibility index (Phi) is 8.17. The summed E-state index contributed by atoms with van der Waals surface area (Å²) in [5, 5.41) is 2.22. The van der Waals surface area contributed by atoms with Gasteiger partial charge in [-0.25, -0.2) is 14.4 Å². The number of carbonyl (C=O) groups excluding carboxylic acids is 3. The van der Waals surface area contributed by atoms with Gasteiger partial charge in [-0.3, -0.25) is 4.84 Å². The molecule has 8 nitrogen and oxygen atoms in total. The van der Waals surface area contributed by atoms with Crippen molar-refractivity contribution >= 4 is 29.8 Å². The molecule has 1 aromatic carbocycles. The minimum Gasteiger partial charge on any atom is -0.444 e. The van der Waals surface area contributed by atoms with Gasteiger partial charge in [0.25, 0.3) is 0 Å². The van der Waals surface area contributed by atoms with Gasteiger partial charge in [-0.05, 0) is 26.3 Å². The van der Waals surface area contributed by atoms with E-state index < -0.39 is 29.8 Å². The lowest BCUT2D eigenvalue weighted by Gasteiger charge is -2.21. The summed E-state index contributed by atoms with van der Waals surface area (Å²) in [6, 6.07) is 7.82. The summed E-state index contributed by atoms with van der Waals surface area (Å²) in [5.74, 6) is -1.34. The van der Waals surface area contributed by atoms with Crippen LogP contribution in [0.5, 0.6) is 0 Å². The van der Waals surface area contributed by atoms with Crippen molar-refractivity contribution in [3.05, 3.63) is 35.9 Å². The van der Waals surface area contributed by atoms with Crippen molar-refractivity contribution in [2.45, 2.75) is 39.0 Å². The lowest BCUT2D eigenvalue weighted by molar-refractivity contribution is -0.140. The second kappa shape index (κ2) is 9.85. The van der Waals surface area contributed by atoms with Gasteiger partial charge >= 0.3 is 18.2 Å². The van der Waals surface area contributed by atoms with Crippen LogP contribution in [0.3, 0.4) is 0 Å². The van der Waals surface area contributed by atoms with Gasteiger partial charge in [0.1, 0.15) is 11.6 Å². The quantitative estimate of drug-likeness (QED) is 0.344. The molecule has 2 N–H and O–H groups in total. The standard InChI is InChI=1S/C16H21ClN2O6/c1-16(2,3)25-14(21)18-12(9-17)13(20)24-15(22)19-23-10-11-7-5-4-6-8-11/h4-8,12H,9-10H2,1-3H3,(H,18,21)(H,19,22)/t12-/m0/s1. The van der Waals surface area contributed by atoms with E-state index in [0.717, 1.165) is 5.56 Å². The van der Waals surface area contributed by atoms with Gasteiger partial charge in [0.2, 0.25) is 0 Å². The first kappa shape index (κ1) is 20.7. The van der Waals surface area contributed by atoms with Gasteiger partial charge in [0.15, 0.2) is 0 Å². The molecule has 0 aliphatic heterocycles. The molecule has 25 heavy (non-hydrogen) atoms. The second-order valence-electron chi connectivity index (χ2n) is 5.94. The SMILES string of the molecule is CC(C)(C)OC(=O)N[C@@H](CCl)C(=O)OC(=O)NOCc1ccccc1. The van der Waals surface area contributed by atoms with Gasteiger partial charge in [-0.15, -0.1) is 11.6 Å². The number of ether oxygens (including phenoxy) is 2. The minimum atomic E-state index is -1.24. The van der Waals surface area contributed by atoms with Crippen molar-refractivity contribution in [3.63, 3.8) is 0 Å². The summed E-state index contributed by atoms with van der Waals surface area (Å²) < 4.78 is 9.50. The molecule has 0 radical (unpaired) electrons. The summed E-state index contributed by atoms with van der Waals surface area (Å²) in [4.78, 5) is 39.9. The first-order valence-electron chi connectivity index (χ1n) is 7.44. The highest BCUT2D eigenvalue weighted by molar-refractivity contribution is 6.20. The molecule has 0 unspecified atom stereocenters. The number of hydrogen-bond donors (Lipinski definition) is 2. The number of carbonyl (C=O) groups is 3. The lowest BCUT2D eigenvalue weighted by Crippen LogP contribution is -2.46. The van der Waals surface area contributed by atoms with E-state index in [9.17, 15) is 14.4 Å². The monoisotopic (exact) mass is 372 g/mol. The van der Waals surface area contributed by atoms with Crippen molar-refractivity contribution < 1.29 is 28.7 Å². The van der Waals surface area contributed by atoms with Crippen LogP contribution in [-0.4, -0.2) is 35.7 Å². The van der Waals surface area contributed by atoms with Crippen LogP contribution in [0.25, 0.3) is 0 Å². The van der Waals surface area contributed by atoms with E-state index >= 15 is 0 Å². The first-order chi connectivity index (χ1) is 11.7. The summed E-state index contributed by atoms with van der Waals surface area (Å²) in [7, 11) is 0. The predicted octanol–water partition coefficient (Wildman–Crippen LogP) is 2.50. The molecular weight excluding hydrogens is 352 g/mol. The Morgan fingerprint density at radius 3 is 2.32 bits per heavy atom. The van der Waals surface area contributed by atoms with Crippen molar-refractivity contribution in [2.24, 2.45) is 0 Å². The number of halogens is 1. The normalized spacial score (nSPS) is 12.0. The molecule has 0 fully saturated rings. The largest absolute Gasteiger partial charge is 0.444 e. The van der Waals surface area contributed by atoms with Crippen LogP contribution in [0.2, 0.25) is 0 Å². The summed E-state index contributed by atoms with van der Waals surface area (Å²) in [6.45, 7) is 5.09. The zero-order valence-electron chi connectivity index (χ0n) is 14.2. The predicted molar refractivity (Wildman–Crippen MR) is 89.7 cm³/mol. The Balaban J connectivity index is 2.38. The van der Waals surface area contributed by atoms with Crippen LogP contribution in [-0.2, 0) is 25.7 Å². The molecule has 2 amide bonds. The third kappa shape index (κ3) is 8.92. The smallest absolute Gasteiger partial charge is 0.439 e. The maximum absolute atomic E-state index is 11.8. The molecule has 0 aromatic heterocycles. The molecule has 0 aliphatic rings. The molecule has 9 heteroatoms. The van der Waals surface area contributed by atoms with Gasteiger partial charge in [0, 0.05) is 0 Å². The second-order valence-corrected chi connectivity index (χ2v) is 6.25. The van der Waals surface area contributed by atoms with Crippen LogP contribution in [0.15, 0.2) is 30.3 Å². The molecule has 0 heterocycles. The maximum Gasteiger partial charge on any atom is 0.439 e. The number of benzene rings is 1. The Bertz CT molecular complexity index is 588. The number of nitrogens with one attached hydrogen (secondary N) is 2. The average Bonchev–Trinajstić information content (AvgIpc) is 2.51. The molecular formula is C16H21ClN2O6. The summed E-state index contributed by atoms with van der Waals surface area (Å²) in [5.41, 5.74) is 2.04. The number of amides is 2. The molecule has 138 valence electrons. The summed E-state index contributed by atoms with van der Waals surface area (Å²) in [6.07, 6.45) is -1.97. The average molecular weight is 373 g/mol. The number of alkyl carbamates (subject to hydrolysis) is 1. The minimum absolute atomic E-state index is 0.0965. The third-order valence-corrected chi connectivity index (χ3v) is 2.87. The van der Waals surface area contributed by atoms with Crippen molar-refractivity contribution in [3.8, 4) is 0 Å². The lowest BCUT2D eigenvalue weighted by atomic mass is 10.2. The van der Waals surface area contributed by atoms with Crippen molar-refractivity contribution in [1.82, 2.24) is 10.8 Å². The van der Waals surface area contributed by atoms with Crippen LogP contribution >= 0.6 is 11.6 Å². The molecule has 1 aromatic rings. The molecule has 1 atom stereocenters. The highest BCUT2D eigenvalue weighted by Crippen LogP contribution is 2.07. The Morgan fingerprint density at radius 1 is 1.12 bits per heavy atom. The van der Waals surface area contributed by atoms with E-state index in [1.165, 1.54) is 0 Å². The summed E-state index contributed by atoms with van der Waals surface area (Å²) >= 11 is 5.61. The number of esters is 1. The van der Waals surface area contributed by atoms with Crippen LogP contribution in [0, 0.1) is 0 Å². The fourth-order valence-electron chi connectivity index (χ4n) is 1.55. The molecule has 0 saturated heterocycles. The fourth-order valence-corrected chi connectivity index (χ4v) is 1.75. The Hall–Kier alpha value is -2.32. The molecule has 0 saturated carbocycles.